The number of hydrogen-bond acceptors (Lipinski definition) is 4. The van der Waals surface area contributed by atoms with Crippen LogP contribution < -0.4 is 15.2 Å². The van der Waals surface area contributed by atoms with Gasteiger partial charge in [0.2, 0.25) is 0 Å². The number of alkyl halides is 6. The molecule has 1 aromatic heterocycles. The van der Waals surface area contributed by atoms with Crippen molar-refractivity contribution in [2.45, 2.75) is 18.4 Å². The van der Waals surface area contributed by atoms with Crippen LogP contribution in [0.1, 0.15) is 5.56 Å². The fourth-order valence-corrected chi connectivity index (χ4v) is 3.64. The van der Waals surface area contributed by atoms with Gasteiger partial charge in [0.15, 0.2) is 0 Å². The summed E-state index contributed by atoms with van der Waals surface area (Å²) in [7, 11) is 1.30. The fourth-order valence-electron chi connectivity index (χ4n) is 3.10. The van der Waals surface area contributed by atoms with E-state index < -0.39 is 41.4 Å². The number of ether oxygens (including phenoxy) is 2. The molecule has 1 aliphatic heterocycles. The summed E-state index contributed by atoms with van der Waals surface area (Å²) in [6.07, 6.45) is -9.45. The van der Waals surface area contributed by atoms with Crippen molar-refractivity contribution < 1.29 is 35.8 Å². The number of halogens is 7. The van der Waals surface area contributed by atoms with E-state index in [0.29, 0.717) is 6.07 Å². The Kier molecular flexibility index (Phi) is 5.47. The first-order valence-electron chi connectivity index (χ1n) is 7.84. The van der Waals surface area contributed by atoms with Crippen LogP contribution in [0.25, 0.3) is 10.9 Å². The van der Waals surface area contributed by atoms with Crippen molar-refractivity contribution in [1.82, 2.24) is 2.78 Å². The molecule has 0 fully saturated rings. The largest absolute Gasteiger partial charge is 0.489 e. The van der Waals surface area contributed by atoms with Crippen molar-refractivity contribution in [3.63, 3.8) is 0 Å². The molecule has 0 amide bonds. The lowest BCUT2D eigenvalue weighted by atomic mass is 10.0. The molecule has 1 aromatic carbocycles. The Labute approximate surface area is 168 Å². The van der Waals surface area contributed by atoms with Crippen LogP contribution in [0.4, 0.5) is 32.0 Å². The van der Waals surface area contributed by atoms with Gasteiger partial charge in [-0.25, -0.2) is 2.78 Å². The summed E-state index contributed by atoms with van der Waals surface area (Å²) in [5.74, 6) is -0.0340. The maximum atomic E-state index is 13.4. The van der Waals surface area contributed by atoms with E-state index in [1.807, 2.05) is 0 Å². The van der Waals surface area contributed by atoms with E-state index in [2.05, 4.69) is 0 Å². The molecule has 0 saturated heterocycles. The number of benzene rings is 1. The van der Waals surface area contributed by atoms with Gasteiger partial charge in [-0.3, -0.25) is 4.79 Å². The molecule has 12 heteroatoms. The van der Waals surface area contributed by atoms with Crippen LogP contribution in [-0.2, 0) is 10.9 Å². The first-order valence-corrected chi connectivity index (χ1v) is 8.81. The van der Waals surface area contributed by atoms with Crippen molar-refractivity contribution in [2.75, 3.05) is 31.8 Å². The van der Waals surface area contributed by atoms with E-state index in [1.54, 1.807) is 0 Å². The summed E-state index contributed by atoms with van der Waals surface area (Å²) in [6.45, 7) is -1.63. The van der Waals surface area contributed by atoms with Crippen LogP contribution >= 0.6 is 22.9 Å². The van der Waals surface area contributed by atoms with Gasteiger partial charge in [0, 0.05) is 24.6 Å². The molecule has 154 valence electrons. The second-order valence-corrected chi connectivity index (χ2v) is 7.14. The highest BCUT2D eigenvalue weighted by atomic mass is 127. The Morgan fingerprint density at radius 3 is 2.46 bits per heavy atom. The third kappa shape index (κ3) is 4.02. The molecule has 0 radical (unpaired) electrons. The molecule has 1 aliphatic rings. The molecule has 0 aliphatic carbocycles. The Balaban J connectivity index is 2.27. The van der Waals surface area contributed by atoms with E-state index in [0.717, 1.165) is 19.8 Å². The smallest absolute Gasteiger partial charge is 0.417 e. The number of pyridine rings is 1. The Hall–Kier alpha value is -1.70. The molecule has 5 nitrogen and oxygen atoms in total. The second kappa shape index (κ2) is 7.28. The van der Waals surface area contributed by atoms with Gasteiger partial charge in [-0.15, -0.1) is 0 Å². The molecule has 0 bridgehead atoms. The summed E-state index contributed by atoms with van der Waals surface area (Å²) in [6, 6.07) is 1.72. The molecular weight excluding hydrogens is 509 g/mol. The minimum absolute atomic E-state index is 0.0340. The van der Waals surface area contributed by atoms with Crippen LogP contribution in [-0.4, -0.2) is 41.9 Å². The highest BCUT2D eigenvalue weighted by Gasteiger charge is 2.39. The molecule has 2 heterocycles. The van der Waals surface area contributed by atoms with E-state index in [4.69, 9.17) is 9.47 Å². The summed E-state index contributed by atoms with van der Waals surface area (Å²) < 4.78 is 90.9. The van der Waals surface area contributed by atoms with Crippen molar-refractivity contribution in [3.8, 4) is 5.75 Å². The standard InChI is InChI=1S/C16H13F6IN2O3/c1-27-5-8-6-28-13-4-11-9(2-12(13)24(8)7-15(17,18)19)10(16(20,21)22)3-14(26)25(11)23/h2-4,8H,5-7H2,1H3. The first-order chi connectivity index (χ1) is 12.9. The van der Waals surface area contributed by atoms with Crippen LogP contribution in [0.3, 0.4) is 0 Å². The van der Waals surface area contributed by atoms with E-state index in [9.17, 15) is 31.1 Å². The van der Waals surface area contributed by atoms with E-state index in [1.165, 1.54) is 30.0 Å². The van der Waals surface area contributed by atoms with Gasteiger partial charge in [-0.2, -0.15) is 26.3 Å². The molecule has 0 N–H and O–H groups in total. The second-order valence-electron chi connectivity index (χ2n) is 6.18. The monoisotopic (exact) mass is 522 g/mol. The van der Waals surface area contributed by atoms with Gasteiger partial charge in [-0.05, 0) is 6.07 Å². The highest BCUT2D eigenvalue weighted by molar-refractivity contribution is 14.1. The lowest BCUT2D eigenvalue weighted by Gasteiger charge is -2.39. The lowest BCUT2D eigenvalue weighted by molar-refractivity contribution is -0.136. The van der Waals surface area contributed by atoms with Crippen LogP contribution in [0, 0.1) is 0 Å². The minimum Gasteiger partial charge on any atom is -0.489 e. The topological polar surface area (TPSA) is 43.7 Å². The number of aromatic nitrogens is 1. The SMILES string of the molecule is COCC1COc2cc3c(cc2N1CC(F)(F)F)c(C(F)(F)F)cc(=O)n3I. The molecular formula is C16H13F6IN2O3. The van der Waals surface area contributed by atoms with Gasteiger partial charge in [0.1, 0.15) is 18.9 Å². The van der Waals surface area contributed by atoms with Crippen LogP contribution in [0.5, 0.6) is 5.75 Å². The zero-order chi connectivity index (χ0) is 20.9. The van der Waals surface area contributed by atoms with Gasteiger partial charge in [-0.1, -0.05) is 0 Å². The van der Waals surface area contributed by atoms with Crippen molar-refractivity contribution >= 4 is 39.5 Å². The fraction of sp³-hybridized carbons (Fsp3) is 0.438. The number of fused-ring (bicyclic) bond motifs is 2. The maximum absolute atomic E-state index is 13.4. The first kappa shape index (κ1) is 21.0. The number of rotatable bonds is 3. The van der Waals surface area contributed by atoms with Crippen LogP contribution in [0.2, 0.25) is 0 Å². The minimum atomic E-state index is -4.85. The van der Waals surface area contributed by atoms with Gasteiger partial charge >= 0.3 is 12.4 Å². The average Bonchev–Trinajstić information content (AvgIpc) is 2.57. The lowest BCUT2D eigenvalue weighted by Crippen LogP contribution is -2.49. The van der Waals surface area contributed by atoms with Crippen LogP contribution in [0.15, 0.2) is 23.0 Å². The number of anilines is 1. The molecule has 28 heavy (non-hydrogen) atoms. The number of nitrogens with zero attached hydrogens (tertiary/aromatic N) is 2. The predicted octanol–water partition coefficient (Wildman–Crippen LogP) is 3.99. The Morgan fingerprint density at radius 2 is 1.89 bits per heavy atom. The third-order valence-electron chi connectivity index (χ3n) is 4.24. The van der Waals surface area contributed by atoms with Crippen molar-refractivity contribution in [1.29, 1.82) is 0 Å². The zero-order valence-electron chi connectivity index (χ0n) is 14.2. The molecule has 1 unspecified atom stereocenters. The highest BCUT2D eigenvalue weighted by Crippen LogP contribution is 2.42. The van der Waals surface area contributed by atoms with E-state index >= 15 is 0 Å². The molecule has 1 atom stereocenters. The third-order valence-corrected chi connectivity index (χ3v) is 5.23. The Morgan fingerprint density at radius 1 is 1.21 bits per heavy atom. The quantitative estimate of drug-likeness (QED) is 0.452. The Bertz CT molecular complexity index is 957. The average molecular weight is 522 g/mol. The number of hydrogen-bond donors (Lipinski definition) is 0. The normalized spacial score (nSPS) is 17.6. The zero-order valence-corrected chi connectivity index (χ0v) is 16.4. The summed E-state index contributed by atoms with van der Waals surface area (Å²) >= 11 is 1.53. The molecule has 2 aromatic rings. The summed E-state index contributed by atoms with van der Waals surface area (Å²) in [5.41, 5.74) is -2.36. The van der Waals surface area contributed by atoms with Gasteiger partial charge < -0.3 is 14.4 Å². The summed E-state index contributed by atoms with van der Waals surface area (Å²) in [5, 5.41) is -0.394. The van der Waals surface area contributed by atoms with Gasteiger partial charge in [0.25, 0.3) is 5.56 Å². The molecule has 0 saturated carbocycles. The molecule has 3 rings (SSSR count). The van der Waals surface area contributed by atoms with E-state index in [-0.39, 0.29) is 30.2 Å². The predicted molar refractivity (Wildman–Crippen MR) is 97.2 cm³/mol. The molecule has 0 spiro atoms. The van der Waals surface area contributed by atoms with Crippen molar-refractivity contribution in [3.05, 3.63) is 34.1 Å². The number of methoxy groups -OCH3 is 1. The summed E-state index contributed by atoms with van der Waals surface area (Å²) in [4.78, 5) is 12.8. The van der Waals surface area contributed by atoms with Gasteiger partial charge in [0.05, 0.1) is 52.3 Å². The van der Waals surface area contributed by atoms with Crippen molar-refractivity contribution in [2.24, 2.45) is 0 Å². The maximum Gasteiger partial charge on any atom is 0.417 e.